The van der Waals surface area contributed by atoms with E-state index in [9.17, 15) is 0 Å². The molecular weight excluding hydrogens is 437 g/mol. The second-order valence-electron chi connectivity index (χ2n) is 1.46. The minimum Gasteiger partial charge on any atom is -0.102 e. The SMILES string of the molecule is PP(P)P(P(P)P)P(P)PI. The van der Waals surface area contributed by atoms with Crippen LogP contribution in [0.3, 0.4) is 0 Å². The third kappa shape index (κ3) is 7.05. The molecule has 0 radical (unpaired) electrons. The van der Waals surface area contributed by atoms with Crippen LogP contribution in [0.2, 0.25) is 0 Å². The highest BCUT2D eigenvalue weighted by Gasteiger charge is 2.23. The zero-order valence-corrected chi connectivity index (χ0v) is 18.1. The van der Waals surface area contributed by atoms with Crippen molar-refractivity contribution in [3.05, 3.63) is 0 Å². The normalized spacial score (nSPS) is 16.1. The van der Waals surface area contributed by atoms with Gasteiger partial charge in [0.15, 0.2) is 0 Å². The summed E-state index contributed by atoms with van der Waals surface area (Å²) >= 11 is 2.53. The quantitative estimate of drug-likeness (QED) is 0.338. The molecule has 0 saturated heterocycles. The molecule has 0 bridgehead atoms. The summed E-state index contributed by atoms with van der Waals surface area (Å²) in [6.07, 6.45) is 0. The summed E-state index contributed by atoms with van der Waals surface area (Å²) in [4.78, 5) is 0. The van der Waals surface area contributed by atoms with Crippen LogP contribution in [0.15, 0.2) is 0 Å². The maximum atomic E-state index is 3.06. The highest BCUT2D eigenvalue weighted by Crippen LogP contribution is 3.12. The minimum absolute atomic E-state index is 0.147. The third-order valence-corrected chi connectivity index (χ3v) is 64.8. The Kier molecular flexibility index (Phi) is 13.3. The van der Waals surface area contributed by atoms with E-state index in [2.05, 4.69) is 66.7 Å². The van der Waals surface area contributed by atoms with Crippen molar-refractivity contribution in [2.75, 3.05) is 0 Å². The van der Waals surface area contributed by atoms with Gasteiger partial charge in [-0.3, -0.25) is 0 Å². The summed E-state index contributed by atoms with van der Waals surface area (Å²) < 4.78 is 0. The van der Waals surface area contributed by atoms with Crippen LogP contribution >= 0.6 is 101 Å². The number of rotatable bonds is 4. The Morgan fingerprint density at radius 3 is 1.36 bits per heavy atom. The second kappa shape index (κ2) is 9.10. The molecule has 7 unspecified atom stereocenters. The van der Waals surface area contributed by atoms with Gasteiger partial charge in [0.1, 0.15) is 0 Å². The van der Waals surface area contributed by atoms with Crippen LogP contribution in [-0.2, 0) is 0 Å². The molecule has 11 heavy (non-hydrogen) atoms. The van der Waals surface area contributed by atoms with Crippen molar-refractivity contribution in [1.82, 2.24) is 0 Å². The van der Waals surface area contributed by atoms with Gasteiger partial charge in [-0.05, 0) is 33.9 Å². The Bertz CT molecular complexity index is 89.0. The summed E-state index contributed by atoms with van der Waals surface area (Å²) in [5.41, 5.74) is 0. The van der Waals surface area contributed by atoms with Crippen LogP contribution in [0, 0.1) is 0 Å². The highest BCUT2D eigenvalue weighted by molar-refractivity contribution is 14.2. The van der Waals surface area contributed by atoms with E-state index >= 15 is 0 Å². The van der Waals surface area contributed by atoms with Crippen molar-refractivity contribution in [2.24, 2.45) is 0 Å². The first-order valence-electron chi connectivity index (χ1n) is 2.30. The van der Waals surface area contributed by atoms with Gasteiger partial charge in [0, 0.05) is 0 Å². The Hall–Kier alpha value is 5.03. The average molecular weight is 448 g/mol. The van der Waals surface area contributed by atoms with Crippen molar-refractivity contribution in [3.63, 3.8) is 0 Å². The van der Waals surface area contributed by atoms with Crippen LogP contribution in [0.4, 0.5) is 0 Å². The number of halogens is 1. The number of hydrogen-bond donors (Lipinski definition) is 0. The molecule has 0 spiro atoms. The van der Waals surface area contributed by atoms with E-state index in [0.29, 0.717) is 0 Å². The Morgan fingerprint density at radius 2 is 1.27 bits per heavy atom. The van der Waals surface area contributed by atoms with Crippen molar-refractivity contribution in [2.45, 2.75) is 0 Å². The van der Waals surface area contributed by atoms with Gasteiger partial charge in [-0.2, -0.15) is 0 Å². The summed E-state index contributed by atoms with van der Waals surface area (Å²) in [6.45, 7) is 0.817. The molecule has 0 aromatic carbocycles. The van der Waals surface area contributed by atoms with Crippen LogP contribution in [0.1, 0.15) is 0 Å². The van der Waals surface area contributed by atoms with Crippen molar-refractivity contribution in [1.29, 1.82) is 0 Å². The Balaban J connectivity index is 4.09. The van der Waals surface area contributed by atoms with Crippen LogP contribution < -0.4 is 0 Å². The monoisotopic (exact) mass is 448 g/mol. The third-order valence-electron chi connectivity index (χ3n) is 0.692. The fraction of sp³-hybridized carbons (Fsp3) is 0. The minimum atomic E-state index is 0.147. The van der Waals surface area contributed by atoms with Crippen LogP contribution in [-0.4, -0.2) is 0 Å². The molecule has 11 heteroatoms. The predicted octanol–water partition coefficient (Wildman–Crippen LogP) is 6.55. The lowest BCUT2D eigenvalue weighted by molar-refractivity contribution is 4.68. The van der Waals surface area contributed by atoms with E-state index in [1.165, 1.54) is 0 Å². The molecule has 0 nitrogen and oxygen atoms in total. The largest absolute Gasteiger partial charge is 0.102 e. The van der Waals surface area contributed by atoms with E-state index in [1.807, 2.05) is 0 Å². The van der Waals surface area contributed by atoms with E-state index in [4.69, 9.17) is 0 Å². The highest BCUT2D eigenvalue weighted by atomic mass is 127. The van der Waals surface area contributed by atoms with Gasteiger partial charge in [-0.15, -0.1) is 44.6 Å². The molecule has 0 aliphatic heterocycles. The molecular formula is H11IP10. The molecule has 0 amide bonds. The predicted molar refractivity (Wildman–Crippen MR) is 98.6 cm³/mol. The molecule has 0 saturated carbocycles. The summed E-state index contributed by atoms with van der Waals surface area (Å²) in [7, 11) is 15.0. The summed E-state index contributed by atoms with van der Waals surface area (Å²) in [5.74, 6) is 1.10. The van der Waals surface area contributed by atoms with E-state index in [0.717, 1.165) is 5.91 Å². The molecule has 0 aliphatic rings. The van der Waals surface area contributed by atoms with E-state index in [-0.39, 0.29) is 27.9 Å². The molecule has 68 valence electrons. The molecule has 0 aliphatic carbocycles. The van der Waals surface area contributed by atoms with Gasteiger partial charge < -0.3 is 0 Å². The fourth-order valence-corrected chi connectivity index (χ4v) is 101. The van der Waals surface area contributed by atoms with Crippen molar-refractivity contribution >= 4 is 101 Å². The average Bonchev–Trinajstić information content (AvgIpc) is 1.85. The lowest BCUT2D eigenvalue weighted by Crippen LogP contribution is -1.39. The molecule has 0 heterocycles. The summed E-state index contributed by atoms with van der Waals surface area (Å²) in [6, 6.07) is 0. The topological polar surface area (TPSA) is 0 Å². The fourth-order valence-electron chi connectivity index (χ4n) is 0.376. The van der Waals surface area contributed by atoms with Crippen molar-refractivity contribution < 1.29 is 0 Å². The van der Waals surface area contributed by atoms with E-state index < -0.39 is 0 Å². The molecule has 0 fully saturated rings. The molecule has 0 aromatic rings. The van der Waals surface area contributed by atoms with Gasteiger partial charge in [0.05, 0.1) is 0 Å². The standard InChI is InChI=1S/H11IP10/c1-7-10(6)11(8(2)3)9(4)5/h7H,2-6H2. The van der Waals surface area contributed by atoms with Gasteiger partial charge >= 0.3 is 0 Å². The molecule has 7 atom stereocenters. The maximum Gasteiger partial charge on any atom is -0.00645 e. The van der Waals surface area contributed by atoms with Crippen molar-refractivity contribution in [3.8, 4) is 0 Å². The molecule has 0 rings (SSSR count). The first-order valence-corrected chi connectivity index (χ1v) is 22.8. The Labute approximate surface area is 99.6 Å². The maximum absolute atomic E-state index is 3.06. The van der Waals surface area contributed by atoms with Crippen LogP contribution in [0.25, 0.3) is 0 Å². The lowest BCUT2D eigenvalue weighted by Gasteiger charge is -2.29. The Morgan fingerprint density at radius 1 is 0.909 bits per heavy atom. The van der Waals surface area contributed by atoms with Gasteiger partial charge in [0.25, 0.3) is 0 Å². The zero-order valence-electron chi connectivity index (χ0n) is 5.55. The lowest BCUT2D eigenvalue weighted by atomic mass is 28.7. The molecule has 0 aromatic heterocycles. The zero-order chi connectivity index (χ0) is 9.02. The van der Waals surface area contributed by atoms with Gasteiger partial charge in [-0.25, -0.2) is 0 Å². The van der Waals surface area contributed by atoms with Crippen LogP contribution in [0.5, 0.6) is 0 Å². The first-order chi connectivity index (χ1) is 5.00. The summed E-state index contributed by atoms with van der Waals surface area (Å²) in [5, 5.41) is 0. The number of hydrogen-bond acceptors (Lipinski definition) is 0. The molecule has 0 N–H and O–H groups in total. The first kappa shape index (κ1) is 16.0. The smallest absolute Gasteiger partial charge is 0.00645 e. The second-order valence-corrected chi connectivity index (χ2v) is 42.2. The van der Waals surface area contributed by atoms with Gasteiger partial charge in [-0.1, -0.05) is 22.0 Å². The van der Waals surface area contributed by atoms with Gasteiger partial charge in [0.2, 0.25) is 0 Å². The van der Waals surface area contributed by atoms with E-state index in [1.54, 1.807) is 0 Å².